The summed E-state index contributed by atoms with van der Waals surface area (Å²) in [6.07, 6.45) is 40.4. The molecule has 0 heterocycles. The quantitative estimate of drug-likeness (QED) is 0.0527. The van der Waals surface area contributed by atoms with Crippen LogP contribution in [0, 0.1) is 0 Å². The standard InChI is InChI=1S/2C18H36O2.Pb.2H/c2*1-2-3-4-5-6-7-8-9-10-11-12-13-14-15-16-17-18(19)20;;;/h2*2-17H2,1H3,(H,19,20);;;. The molecule has 0 aromatic rings. The van der Waals surface area contributed by atoms with Gasteiger partial charge in [-0.05, 0) is 12.8 Å². The van der Waals surface area contributed by atoms with Crippen molar-refractivity contribution in [3.63, 3.8) is 0 Å². The first-order valence-electron chi connectivity index (χ1n) is 18.0. The van der Waals surface area contributed by atoms with E-state index in [0.29, 0.717) is 12.8 Å². The van der Waals surface area contributed by atoms with E-state index < -0.39 is 11.9 Å². The molecule has 0 bridgehead atoms. The number of aliphatic carboxylic acids is 2. The normalized spacial score (nSPS) is 10.6. The predicted molar refractivity (Wildman–Crippen MR) is 183 cm³/mol. The second-order valence-electron chi connectivity index (χ2n) is 12.2. The van der Waals surface area contributed by atoms with Crippen molar-refractivity contribution < 1.29 is 19.8 Å². The number of carboxylic acids is 2. The molecule has 0 aromatic heterocycles. The molecule has 246 valence electrons. The van der Waals surface area contributed by atoms with Crippen LogP contribution in [0.4, 0.5) is 0 Å². The summed E-state index contributed by atoms with van der Waals surface area (Å²) < 4.78 is 0. The van der Waals surface area contributed by atoms with Crippen LogP contribution in [0.2, 0.25) is 0 Å². The molecule has 4 nitrogen and oxygen atoms in total. The average molecular weight is 778 g/mol. The summed E-state index contributed by atoms with van der Waals surface area (Å²) in [5, 5.41) is 17.0. The van der Waals surface area contributed by atoms with Crippen LogP contribution in [-0.2, 0) is 9.59 Å². The van der Waals surface area contributed by atoms with Crippen molar-refractivity contribution in [1.82, 2.24) is 0 Å². The number of carboxylic acid groups (broad SMARTS) is 2. The molecular formula is C36H74O4Pb. The number of carbonyl (C=O) groups is 2. The van der Waals surface area contributed by atoms with Gasteiger partial charge >= 0.3 is 39.2 Å². The van der Waals surface area contributed by atoms with Crippen LogP contribution in [0.15, 0.2) is 0 Å². The van der Waals surface area contributed by atoms with E-state index in [0.717, 1.165) is 25.7 Å². The summed E-state index contributed by atoms with van der Waals surface area (Å²) in [7, 11) is 0. The predicted octanol–water partition coefficient (Wildman–Crippen LogP) is 11.7. The van der Waals surface area contributed by atoms with Gasteiger partial charge in [-0.1, -0.05) is 194 Å². The molecule has 0 aromatic carbocycles. The van der Waals surface area contributed by atoms with E-state index in [1.54, 1.807) is 0 Å². The van der Waals surface area contributed by atoms with E-state index in [2.05, 4.69) is 13.8 Å². The topological polar surface area (TPSA) is 74.6 Å². The van der Waals surface area contributed by atoms with Crippen LogP contribution >= 0.6 is 0 Å². The molecule has 0 saturated heterocycles. The van der Waals surface area contributed by atoms with E-state index in [9.17, 15) is 9.59 Å². The molecule has 2 N–H and O–H groups in total. The third kappa shape index (κ3) is 49.8. The van der Waals surface area contributed by atoms with Crippen LogP contribution < -0.4 is 0 Å². The van der Waals surface area contributed by atoms with Gasteiger partial charge in [0.25, 0.3) is 0 Å². The Morgan fingerprint density at radius 3 is 0.610 bits per heavy atom. The van der Waals surface area contributed by atoms with Gasteiger partial charge in [-0.3, -0.25) is 9.59 Å². The fourth-order valence-electron chi connectivity index (χ4n) is 5.30. The maximum absolute atomic E-state index is 10.3. The van der Waals surface area contributed by atoms with Gasteiger partial charge in [0.05, 0.1) is 0 Å². The molecule has 0 unspecified atom stereocenters. The molecule has 0 saturated carbocycles. The third-order valence-corrected chi connectivity index (χ3v) is 7.99. The molecule has 0 rings (SSSR count). The Kier molecular flexibility index (Phi) is 46.4. The maximum atomic E-state index is 10.3. The van der Waals surface area contributed by atoms with Gasteiger partial charge in [-0.15, -0.1) is 0 Å². The molecule has 0 fully saturated rings. The Morgan fingerprint density at radius 1 is 0.317 bits per heavy atom. The number of hydrogen-bond donors (Lipinski definition) is 2. The second kappa shape index (κ2) is 42.0. The summed E-state index contributed by atoms with van der Waals surface area (Å²) in [6, 6.07) is 0. The summed E-state index contributed by atoms with van der Waals surface area (Å²) in [5.74, 6) is -1.31. The van der Waals surface area contributed by atoms with Crippen molar-refractivity contribution in [2.45, 2.75) is 219 Å². The summed E-state index contributed by atoms with van der Waals surface area (Å²) in [5.41, 5.74) is 0. The minimum absolute atomic E-state index is 0. The van der Waals surface area contributed by atoms with Crippen molar-refractivity contribution in [2.24, 2.45) is 0 Å². The van der Waals surface area contributed by atoms with Gasteiger partial charge < -0.3 is 10.2 Å². The van der Waals surface area contributed by atoms with Crippen LogP contribution in [0.1, 0.15) is 219 Å². The Hall–Kier alpha value is -0.138. The van der Waals surface area contributed by atoms with E-state index >= 15 is 0 Å². The van der Waals surface area contributed by atoms with Gasteiger partial charge in [0, 0.05) is 12.8 Å². The molecule has 0 spiro atoms. The molecule has 41 heavy (non-hydrogen) atoms. The molecule has 2 radical (unpaired) electrons. The van der Waals surface area contributed by atoms with Gasteiger partial charge in [-0.25, -0.2) is 0 Å². The van der Waals surface area contributed by atoms with Gasteiger partial charge in [0.2, 0.25) is 0 Å². The van der Waals surface area contributed by atoms with E-state index in [1.807, 2.05) is 0 Å². The van der Waals surface area contributed by atoms with Crippen LogP contribution in [-0.4, -0.2) is 49.5 Å². The van der Waals surface area contributed by atoms with Crippen molar-refractivity contribution in [2.75, 3.05) is 0 Å². The number of rotatable bonds is 32. The summed E-state index contributed by atoms with van der Waals surface area (Å²) >= 11 is 0. The van der Waals surface area contributed by atoms with Crippen LogP contribution in [0.5, 0.6) is 0 Å². The summed E-state index contributed by atoms with van der Waals surface area (Å²) in [6.45, 7) is 4.54. The first kappa shape index (κ1) is 45.3. The molecule has 0 atom stereocenters. The molecule has 0 aliphatic carbocycles. The fourth-order valence-corrected chi connectivity index (χ4v) is 5.30. The van der Waals surface area contributed by atoms with E-state index in [-0.39, 0.29) is 27.3 Å². The fraction of sp³-hybridized carbons (Fsp3) is 0.944. The zero-order valence-corrected chi connectivity index (χ0v) is 33.5. The van der Waals surface area contributed by atoms with Gasteiger partial charge in [0.1, 0.15) is 0 Å². The van der Waals surface area contributed by atoms with Gasteiger partial charge in [-0.2, -0.15) is 0 Å². The van der Waals surface area contributed by atoms with Crippen molar-refractivity contribution in [1.29, 1.82) is 0 Å². The monoisotopic (exact) mass is 779 g/mol. The number of unbranched alkanes of at least 4 members (excludes halogenated alkanes) is 28. The molecule has 5 heteroatoms. The Bertz CT molecular complexity index is 454. The zero-order chi connectivity index (χ0) is 29.8. The average Bonchev–Trinajstić information content (AvgIpc) is 2.93. The van der Waals surface area contributed by atoms with E-state index in [1.165, 1.54) is 167 Å². The Morgan fingerprint density at radius 2 is 0.463 bits per heavy atom. The van der Waals surface area contributed by atoms with Crippen LogP contribution in [0.3, 0.4) is 0 Å². The zero-order valence-electron chi connectivity index (χ0n) is 28.0. The Labute approximate surface area is 277 Å². The van der Waals surface area contributed by atoms with Gasteiger partial charge in [0.15, 0.2) is 0 Å². The molecule has 0 amide bonds. The van der Waals surface area contributed by atoms with Crippen molar-refractivity contribution in [3.05, 3.63) is 0 Å². The van der Waals surface area contributed by atoms with Crippen LogP contribution in [0.25, 0.3) is 0 Å². The molecule has 0 aliphatic rings. The first-order valence-corrected chi connectivity index (χ1v) is 18.0. The molecular weight excluding hydrogens is 704 g/mol. The van der Waals surface area contributed by atoms with Crippen molar-refractivity contribution >= 4 is 39.2 Å². The Balaban J connectivity index is -0.000000688. The second-order valence-corrected chi connectivity index (χ2v) is 12.2. The minimum atomic E-state index is -0.653. The first-order chi connectivity index (χ1) is 19.5. The number of hydrogen-bond acceptors (Lipinski definition) is 2. The van der Waals surface area contributed by atoms with E-state index in [4.69, 9.17) is 10.2 Å². The van der Waals surface area contributed by atoms with Crippen molar-refractivity contribution in [3.8, 4) is 0 Å². The molecule has 0 aliphatic heterocycles. The SMILES string of the molecule is CCCCCCCCCCCCCCCCCC(=O)O.CCCCCCCCCCCCCCCCCC(=O)O.[PbH2]. The third-order valence-electron chi connectivity index (χ3n) is 7.99. The summed E-state index contributed by atoms with van der Waals surface area (Å²) in [4.78, 5) is 20.7.